The number of nitrogens with two attached hydrogens (primary N) is 1. The minimum Gasteiger partial charge on any atom is -0.378 e. The van der Waals surface area contributed by atoms with Gasteiger partial charge in [-0.05, 0) is 57.2 Å². The molecule has 1 aromatic rings. The Balaban J connectivity index is 2.14. The third-order valence-electron chi connectivity index (χ3n) is 4.61. The number of aryl methyl sites for hydroxylation is 3. The van der Waals surface area contributed by atoms with Gasteiger partial charge in [-0.15, -0.1) is 0 Å². The van der Waals surface area contributed by atoms with E-state index in [0.717, 1.165) is 32.5 Å². The summed E-state index contributed by atoms with van der Waals surface area (Å²) in [6.07, 6.45) is 2.67. The smallest absolute Gasteiger partial charge is 0.0599 e. The van der Waals surface area contributed by atoms with Crippen molar-refractivity contribution in [3.8, 4) is 0 Å². The molecule has 21 heavy (non-hydrogen) atoms. The van der Waals surface area contributed by atoms with E-state index >= 15 is 0 Å². The molecule has 1 aliphatic rings. The SMILES string of the molecule is CCOC1CCN(C(CN)c2c(C)cc(C)cc2C)CC1. The molecule has 1 atom stereocenters. The van der Waals surface area contributed by atoms with Crippen LogP contribution in [0.25, 0.3) is 0 Å². The fourth-order valence-electron chi connectivity index (χ4n) is 3.76. The second kappa shape index (κ2) is 7.39. The van der Waals surface area contributed by atoms with Crippen molar-refractivity contribution in [1.29, 1.82) is 0 Å². The summed E-state index contributed by atoms with van der Waals surface area (Å²) in [4.78, 5) is 2.54. The van der Waals surface area contributed by atoms with Crippen molar-refractivity contribution in [1.82, 2.24) is 4.90 Å². The van der Waals surface area contributed by atoms with Crippen LogP contribution >= 0.6 is 0 Å². The Morgan fingerprint density at radius 3 is 2.24 bits per heavy atom. The van der Waals surface area contributed by atoms with Crippen molar-refractivity contribution in [3.63, 3.8) is 0 Å². The zero-order chi connectivity index (χ0) is 15.4. The standard InChI is InChI=1S/C18H30N2O/c1-5-21-16-6-8-20(9-7-16)17(12-19)18-14(3)10-13(2)11-15(18)4/h10-11,16-17H,5-9,12,19H2,1-4H3. The first-order valence-electron chi connectivity index (χ1n) is 8.20. The lowest BCUT2D eigenvalue weighted by Crippen LogP contribution is -2.42. The molecule has 0 aromatic heterocycles. The Kier molecular flexibility index (Phi) is 5.80. The van der Waals surface area contributed by atoms with Crippen molar-refractivity contribution < 1.29 is 4.74 Å². The van der Waals surface area contributed by atoms with Crippen LogP contribution in [0.2, 0.25) is 0 Å². The van der Waals surface area contributed by atoms with Crippen LogP contribution in [-0.4, -0.2) is 37.2 Å². The van der Waals surface area contributed by atoms with Crippen molar-refractivity contribution in [2.45, 2.75) is 52.7 Å². The van der Waals surface area contributed by atoms with Crippen LogP contribution < -0.4 is 5.73 Å². The Hall–Kier alpha value is -0.900. The van der Waals surface area contributed by atoms with Gasteiger partial charge in [0.15, 0.2) is 0 Å². The maximum Gasteiger partial charge on any atom is 0.0599 e. The summed E-state index contributed by atoms with van der Waals surface area (Å²) in [6, 6.07) is 4.89. The van der Waals surface area contributed by atoms with Crippen molar-refractivity contribution >= 4 is 0 Å². The first kappa shape index (κ1) is 16.5. The number of likely N-dealkylation sites (tertiary alicyclic amines) is 1. The van der Waals surface area contributed by atoms with Gasteiger partial charge in [0, 0.05) is 32.3 Å². The molecular weight excluding hydrogens is 260 g/mol. The van der Waals surface area contributed by atoms with Gasteiger partial charge in [-0.25, -0.2) is 0 Å². The van der Waals surface area contributed by atoms with E-state index in [9.17, 15) is 0 Å². The molecule has 1 aromatic carbocycles. The summed E-state index contributed by atoms with van der Waals surface area (Å²) >= 11 is 0. The molecule has 3 heteroatoms. The molecule has 0 spiro atoms. The normalized spacial score (nSPS) is 18.9. The summed E-state index contributed by atoms with van der Waals surface area (Å²) in [5.41, 5.74) is 11.6. The largest absolute Gasteiger partial charge is 0.378 e. The second-order valence-corrected chi connectivity index (χ2v) is 6.25. The third-order valence-corrected chi connectivity index (χ3v) is 4.61. The Bertz CT molecular complexity index is 441. The molecule has 118 valence electrons. The maximum absolute atomic E-state index is 6.13. The quantitative estimate of drug-likeness (QED) is 0.905. The highest BCUT2D eigenvalue weighted by Crippen LogP contribution is 2.30. The minimum atomic E-state index is 0.341. The topological polar surface area (TPSA) is 38.5 Å². The second-order valence-electron chi connectivity index (χ2n) is 6.25. The van der Waals surface area contributed by atoms with E-state index in [2.05, 4.69) is 44.7 Å². The van der Waals surface area contributed by atoms with Gasteiger partial charge in [-0.1, -0.05) is 17.7 Å². The predicted octanol–water partition coefficient (Wildman–Crippen LogP) is 3.11. The number of hydrogen-bond donors (Lipinski definition) is 1. The molecule has 1 aliphatic heterocycles. The van der Waals surface area contributed by atoms with Crippen LogP contribution in [0.5, 0.6) is 0 Å². The van der Waals surface area contributed by atoms with Gasteiger partial charge in [0.05, 0.1) is 6.10 Å². The summed E-state index contributed by atoms with van der Waals surface area (Å²) in [6.45, 7) is 12.3. The van der Waals surface area contributed by atoms with E-state index in [-0.39, 0.29) is 0 Å². The average Bonchev–Trinajstić information content (AvgIpc) is 2.44. The van der Waals surface area contributed by atoms with Crippen LogP contribution in [0, 0.1) is 20.8 Å². The van der Waals surface area contributed by atoms with Gasteiger partial charge in [0.2, 0.25) is 0 Å². The van der Waals surface area contributed by atoms with Gasteiger partial charge in [-0.2, -0.15) is 0 Å². The highest BCUT2D eigenvalue weighted by molar-refractivity contribution is 5.40. The van der Waals surface area contributed by atoms with E-state index < -0.39 is 0 Å². The summed E-state index contributed by atoms with van der Waals surface area (Å²) in [7, 11) is 0. The number of piperidine rings is 1. The summed E-state index contributed by atoms with van der Waals surface area (Å²) in [5, 5.41) is 0. The maximum atomic E-state index is 6.13. The molecule has 1 unspecified atom stereocenters. The van der Waals surface area contributed by atoms with Crippen molar-refractivity contribution in [2.24, 2.45) is 5.73 Å². The van der Waals surface area contributed by atoms with E-state index in [1.165, 1.54) is 22.3 Å². The third kappa shape index (κ3) is 3.85. The molecule has 0 aliphatic carbocycles. The van der Waals surface area contributed by atoms with E-state index in [0.29, 0.717) is 18.7 Å². The van der Waals surface area contributed by atoms with Gasteiger partial charge in [0.25, 0.3) is 0 Å². The van der Waals surface area contributed by atoms with Crippen molar-refractivity contribution in [2.75, 3.05) is 26.2 Å². The Labute approximate surface area is 129 Å². The van der Waals surface area contributed by atoms with Gasteiger partial charge in [0.1, 0.15) is 0 Å². The monoisotopic (exact) mass is 290 g/mol. The molecule has 1 saturated heterocycles. The molecule has 2 rings (SSSR count). The zero-order valence-corrected chi connectivity index (χ0v) is 14.0. The average molecular weight is 290 g/mol. The minimum absolute atomic E-state index is 0.341. The molecule has 0 bridgehead atoms. The van der Waals surface area contributed by atoms with Crippen LogP contribution in [-0.2, 0) is 4.74 Å². The van der Waals surface area contributed by atoms with Crippen LogP contribution in [0.1, 0.15) is 48.1 Å². The van der Waals surface area contributed by atoms with Crippen LogP contribution in [0.3, 0.4) is 0 Å². The zero-order valence-electron chi connectivity index (χ0n) is 14.0. The Morgan fingerprint density at radius 1 is 1.19 bits per heavy atom. The van der Waals surface area contributed by atoms with E-state index in [1.807, 2.05) is 0 Å². The molecule has 0 amide bonds. The molecule has 2 N–H and O–H groups in total. The molecular formula is C18H30N2O. The molecule has 1 heterocycles. The predicted molar refractivity (Wildman–Crippen MR) is 88.7 cm³/mol. The van der Waals surface area contributed by atoms with Crippen molar-refractivity contribution in [3.05, 3.63) is 34.4 Å². The lowest BCUT2D eigenvalue weighted by molar-refractivity contribution is 0.00440. The number of ether oxygens (including phenoxy) is 1. The molecule has 0 radical (unpaired) electrons. The first-order chi connectivity index (χ1) is 10.1. The van der Waals surface area contributed by atoms with Gasteiger partial charge < -0.3 is 10.5 Å². The first-order valence-corrected chi connectivity index (χ1v) is 8.20. The number of nitrogens with zero attached hydrogens (tertiary/aromatic N) is 1. The highest BCUT2D eigenvalue weighted by atomic mass is 16.5. The highest BCUT2D eigenvalue weighted by Gasteiger charge is 2.27. The molecule has 3 nitrogen and oxygen atoms in total. The number of rotatable bonds is 5. The molecule has 0 saturated carbocycles. The molecule has 1 fully saturated rings. The van der Waals surface area contributed by atoms with Gasteiger partial charge in [-0.3, -0.25) is 4.90 Å². The Morgan fingerprint density at radius 2 is 1.76 bits per heavy atom. The van der Waals surface area contributed by atoms with E-state index in [4.69, 9.17) is 10.5 Å². The van der Waals surface area contributed by atoms with E-state index in [1.54, 1.807) is 0 Å². The van der Waals surface area contributed by atoms with Gasteiger partial charge >= 0.3 is 0 Å². The summed E-state index contributed by atoms with van der Waals surface area (Å²) < 4.78 is 5.76. The lowest BCUT2D eigenvalue weighted by Gasteiger charge is -2.38. The fraction of sp³-hybridized carbons (Fsp3) is 0.667. The lowest BCUT2D eigenvalue weighted by atomic mass is 9.91. The summed E-state index contributed by atoms with van der Waals surface area (Å²) in [5.74, 6) is 0. The van der Waals surface area contributed by atoms with Crippen LogP contribution in [0.15, 0.2) is 12.1 Å². The van der Waals surface area contributed by atoms with Crippen LogP contribution in [0.4, 0.5) is 0 Å². The number of benzene rings is 1. The fourth-order valence-corrected chi connectivity index (χ4v) is 3.76. The number of hydrogen-bond acceptors (Lipinski definition) is 3.